The molecule has 0 atom stereocenters. The third kappa shape index (κ3) is 4.21. The second-order valence-electron chi connectivity index (χ2n) is 4.08. The molecule has 3 nitrogen and oxygen atoms in total. The summed E-state index contributed by atoms with van der Waals surface area (Å²) in [6.07, 6.45) is 1.80. The first-order valence-corrected chi connectivity index (χ1v) is 5.84. The SMILES string of the molecule is Cc1ccc(CNc2ccc(OC(F)F)cc2)nc1. The molecule has 0 aliphatic rings. The van der Waals surface area contributed by atoms with Gasteiger partial charge in [0.15, 0.2) is 0 Å². The fourth-order valence-electron chi connectivity index (χ4n) is 1.55. The first-order chi connectivity index (χ1) is 9.13. The lowest BCUT2D eigenvalue weighted by Gasteiger charge is -2.08. The predicted molar refractivity (Wildman–Crippen MR) is 69.4 cm³/mol. The van der Waals surface area contributed by atoms with E-state index < -0.39 is 6.61 Å². The Kier molecular flexibility index (Phi) is 4.28. The molecule has 0 amide bonds. The normalized spacial score (nSPS) is 10.5. The summed E-state index contributed by atoms with van der Waals surface area (Å²) in [5.41, 5.74) is 2.85. The summed E-state index contributed by atoms with van der Waals surface area (Å²) in [4.78, 5) is 4.26. The quantitative estimate of drug-likeness (QED) is 0.895. The van der Waals surface area contributed by atoms with Gasteiger partial charge in [-0.05, 0) is 42.8 Å². The third-order valence-electron chi connectivity index (χ3n) is 2.53. The lowest BCUT2D eigenvalue weighted by atomic mass is 10.2. The van der Waals surface area contributed by atoms with E-state index >= 15 is 0 Å². The van der Waals surface area contributed by atoms with Crippen LogP contribution in [0.15, 0.2) is 42.6 Å². The average Bonchev–Trinajstić information content (AvgIpc) is 2.39. The van der Waals surface area contributed by atoms with Crippen molar-refractivity contribution in [1.82, 2.24) is 4.98 Å². The fraction of sp³-hybridized carbons (Fsp3) is 0.214. The highest BCUT2D eigenvalue weighted by atomic mass is 19.3. The van der Waals surface area contributed by atoms with Gasteiger partial charge in [-0.15, -0.1) is 0 Å². The first-order valence-electron chi connectivity index (χ1n) is 5.84. The van der Waals surface area contributed by atoms with E-state index in [1.807, 2.05) is 19.1 Å². The number of alkyl halides is 2. The van der Waals surface area contributed by atoms with Gasteiger partial charge in [0.2, 0.25) is 0 Å². The molecule has 0 aliphatic heterocycles. The molecule has 0 unspecified atom stereocenters. The van der Waals surface area contributed by atoms with E-state index in [0.717, 1.165) is 16.9 Å². The van der Waals surface area contributed by atoms with Crippen LogP contribution in [0.5, 0.6) is 5.75 Å². The Morgan fingerprint density at radius 3 is 2.47 bits per heavy atom. The molecule has 19 heavy (non-hydrogen) atoms. The van der Waals surface area contributed by atoms with Crippen LogP contribution >= 0.6 is 0 Å². The van der Waals surface area contributed by atoms with Gasteiger partial charge in [-0.2, -0.15) is 8.78 Å². The number of nitrogens with zero attached hydrogens (tertiary/aromatic N) is 1. The van der Waals surface area contributed by atoms with Gasteiger partial charge in [0.25, 0.3) is 0 Å². The van der Waals surface area contributed by atoms with Crippen molar-refractivity contribution in [3.63, 3.8) is 0 Å². The van der Waals surface area contributed by atoms with Crippen molar-refractivity contribution in [3.8, 4) is 5.75 Å². The molecule has 1 N–H and O–H groups in total. The van der Waals surface area contributed by atoms with Crippen molar-refractivity contribution in [1.29, 1.82) is 0 Å². The van der Waals surface area contributed by atoms with Gasteiger partial charge in [-0.1, -0.05) is 6.07 Å². The second kappa shape index (κ2) is 6.13. The Bertz CT molecular complexity index is 512. The average molecular weight is 264 g/mol. The minimum atomic E-state index is -2.80. The van der Waals surface area contributed by atoms with E-state index in [1.165, 1.54) is 12.1 Å². The van der Waals surface area contributed by atoms with Crippen LogP contribution in [-0.4, -0.2) is 11.6 Å². The molecule has 0 fully saturated rings. The van der Waals surface area contributed by atoms with Crippen molar-refractivity contribution in [2.24, 2.45) is 0 Å². The van der Waals surface area contributed by atoms with Crippen LogP contribution in [0.1, 0.15) is 11.3 Å². The largest absolute Gasteiger partial charge is 0.435 e. The molecule has 0 saturated heterocycles. The summed E-state index contributed by atoms with van der Waals surface area (Å²) >= 11 is 0. The highest BCUT2D eigenvalue weighted by Gasteiger charge is 2.03. The molecule has 2 rings (SSSR count). The summed E-state index contributed by atoms with van der Waals surface area (Å²) in [7, 11) is 0. The number of benzene rings is 1. The van der Waals surface area contributed by atoms with Crippen LogP contribution in [0, 0.1) is 6.92 Å². The van der Waals surface area contributed by atoms with Gasteiger partial charge in [0.05, 0.1) is 12.2 Å². The van der Waals surface area contributed by atoms with Gasteiger partial charge >= 0.3 is 6.61 Å². The third-order valence-corrected chi connectivity index (χ3v) is 2.53. The van der Waals surface area contributed by atoms with Crippen molar-refractivity contribution < 1.29 is 13.5 Å². The second-order valence-corrected chi connectivity index (χ2v) is 4.08. The minimum absolute atomic E-state index is 0.147. The van der Waals surface area contributed by atoms with Crippen LogP contribution in [0.3, 0.4) is 0 Å². The first kappa shape index (κ1) is 13.3. The number of nitrogens with one attached hydrogen (secondary N) is 1. The molecule has 0 aliphatic carbocycles. The van der Waals surface area contributed by atoms with Gasteiger partial charge in [0, 0.05) is 11.9 Å². The van der Waals surface area contributed by atoms with Crippen molar-refractivity contribution in [2.45, 2.75) is 20.1 Å². The maximum Gasteiger partial charge on any atom is 0.387 e. The van der Waals surface area contributed by atoms with E-state index in [0.29, 0.717) is 6.54 Å². The summed E-state index contributed by atoms with van der Waals surface area (Å²) in [6, 6.07) is 10.3. The Morgan fingerprint density at radius 2 is 1.89 bits per heavy atom. The number of anilines is 1. The summed E-state index contributed by atoms with van der Waals surface area (Å²) < 4.78 is 28.2. The standard InChI is InChI=1S/C14H14F2N2O/c1-10-2-3-12(17-8-10)9-18-11-4-6-13(7-5-11)19-14(15)16/h2-8,14,18H,9H2,1H3. The van der Waals surface area contributed by atoms with E-state index in [4.69, 9.17) is 0 Å². The molecule has 100 valence electrons. The highest BCUT2D eigenvalue weighted by Crippen LogP contribution is 2.18. The molecule has 1 aromatic carbocycles. The summed E-state index contributed by atoms with van der Waals surface area (Å²) in [5, 5.41) is 3.16. The number of hydrogen-bond acceptors (Lipinski definition) is 3. The molecule has 0 radical (unpaired) electrons. The lowest BCUT2D eigenvalue weighted by molar-refractivity contribution is -0.0498. The number of hydrogen-bond donors (Lipinski definition) is 1. The van der Waals surface area contributed by atoms with Crippen LogP contribution in [0.4, 0.5) is 14.5 Å². The van der Waals surface area contributed by atoms with Crippen LogP contribution in [0.2, 0.25) is 0 Å². The van der Waals surface area contributed by atoms with E-state index in [1.54, 1.807) is 18.3 Å². The van der Waals surface area contributed by atoms with Gasteiger partial charge in [-0.3, -0.25) is 4.98 Å². The molecule has 2 aromatic rings. The molecule has 5 heteroatoms. The zero-order valence-electron chi connectivity index (χ0n) is 10.4. The summed E-state index contributed by atoms with van der Waals surface area (Å²) in [6.45, 7) is -0.239. The Morgan fingerprint density at radius 1 is 1.16 bits per heavy atom. The maximum absolute atomic E-state index is 12.0. The fourth-order valence-corrected chi connectivity index (χ4v) is 1.55. The number of halogens is 2. The number of ether oxygens (including phenoxy) is 1. The predicted octanol–water partition coefficient (Wildman–Crippen LogP) is 3.60. The van der Waals surface area contributed by atoms with Crippen molar-refractivity contribution in [2.75, 3.05) is 5.32 Å². The monoisotopic (exact) mass is 264 g/mol. The van der Waals surface area contributed by atoms with Crippen molar-refractivity contribution >= 4 is 5.69 Å². The zero-order valence-corrected chi connectivity index (χ0v) is 10.4. The molecule has 1 heterocycles. The number of rotatable bonds is 5. The molecule has 0 bridgehead atoms. The van der Waals surface area contributed by atoms with E-state index in [-0.39, 0.29) is 5.75 Å². The molecule has 1 aromatic heterocycles. The molecular formula is C14H14F2N2O. The van der Waals surface area contributed by atoms with Crippen LogP contribution in [-0.2, 0) is 6.54 Å². The number of pyridine rings is 1. The molecular weight excluding hydrogens is 250 g/mol. The smallest absolute Gasteiger partial charge is 0.387 e. The van der Waals surface area contributed by atoms with Gasteiger partial charge in [0.1, 0.15) is 5.75 Å². The summed E-state index contributed by atoms with van der Waals surface area (Å²) in [5.74, 6) is 0.147. The van der Waals surface area contributed by atoms with Crippen molar-refractivity contribution in [3.05, 3.63) is 53.9 Å². The van der Waals surface area contributed by atoms with E-state index in [2.05, 4.69) is 15.0 Å². The number of aromatic nitrogens is 1. The molecule has 0 spiro atoms. The highest BCUT2D eigenvalue weighted by molar-refractivity contribution is 5.46. The molecule has 0 saturated carbocycles. The Hall–Kier alpha value is -2.17. The Balaban J connectivity index is 1.91. The van der Waals surface area contributed by atoms with Gasteiger partial charge in [-0.25, -0.2) is 0 Å². The lowest BCUT2D eigenvalue weighted by Crippen LogP contribution is -2.03. The van der Waals surface area contributed by atoms with Crippen LogP contribution in [0.25, 0.3) is 0 Å². The topological polar surface area (TPSA) is 34.1 Å². The van der Waals surface area contributed by atoms with Crippen LogP contribution < -0.4 is 10.1 Å². The Labute approximate surface area is 110 Å². The minimum Gasteiger partial charge on any atom is -0.435 e. The zero-order chi connectivity index (χ0) is 13.7. The van der Waals surface area contributed by atoms with Gasteiger partial charge < -0.3 is 10.1 Å². The van der Waals surface area contributed by atoms with E-state index in [9.17, 15) is 8.78 Å². The maximum atomic E-state index is 12.0. The number of aryl methyl sites for hydroxylation is 1.